The van der Waals surface area contributed by atoms with Crippen LogP contribution in [0.4, 0.5) is 0 Å². The minimum Gasteiger partial charge on any atom is -0.479 e. The van der Waals surface area contributed by atoms with Crippen molar-refractivity contribution in [1.29, 1.82) is 0 Å². The Hall–Kier alpha value is -2.09. The van der Waals surface area contributed by atoms with Gasteiger partial charge in [0.1, 0.15) is 6.61 Å². The Morgan fingerprint density at radius 2 is 2.00 bits per heavy atom. The average Bonchev–Trinajstić information content (AvgIpc) is 3.19. The molecule has 2 N–H and O–H groups in total. The highest BCUT2D eigenvalue weighted by Crippen LogP contribution is 2.38. The number of ether oxygens (including phenoxy) is 2. The van der Waals surface area contributed by atoms with Crippen molar-refractivity contribution in [2.75, 3.05) is 26.4 Å². The standard InChI is InChI=1S/C21H32N4O5/c22-25-23-13-17-5-2-1-4-16(17)12-21(20(27)28)14-30-19(24-21)15-6-8-18(9-7-15)29-11-3-10-26/h15,18,26H,1-14H2,(H,27,28)/t15?,18?,21-/m1/s1. The number of azide groups is 1. The van der Waals surface area contributed by atoms with Gasteiger partial charge < -0.3 is 19.7 Å². The molecule has 2 aliphatic carbocycles. The van der Waals surface area contributed by atoms with E-state index in [2.05, 4.69) is 15.0 Å². The van der Waals surface area contributed by atoms with Crippen LogP contribution in [0.1, 0.15) is 64.2 Å². The predicted molar refractivity (Wildman–Crippen MR) is 111 cm³/mol. The van der Waals surface area contributed by atoms with Crippen molar-refractivity contribution in [3.05, 3.63) is 21.6 Å². The predicted octanol–water partition coefficient (Wildman–Crippen LogP) is 3.77. The summed E-state index contributed by atoms with van der Waals surface area (Å²) >= 11 is 0. The highest BCUT2D eigenvalue weighted by atomic mass is 16.5. The molecule has 1 saturated carbocycles. The maximum atomic E-state index is 12.2. The molecule has 1 aliphatic heterocycles. The Morgan fingerprint density at radius 1 is 1.27 bits per heavy atom. The smallest absolute Gasteiger partial charge is 0.335 e. The van der Waals surface area contributed by atoms with E-state index in [9.17, 15) is 9.90 Å². The summed E-state index contributed by atoms with van der Waals surface area (Å²) < 4.78 is 11.6. The fourth-order valence-electron chi connectivity index (χ4n) is 4.65. The van der Waals surface area contributed by atoms with Crippen LogP contribution in [0.15, 0.2) is 21.3 Å². The number of nitrogens with zero attached hydrogens (tertiary/aromatic N) is 4. The highest BCUT2D eigenvalue weighted by Gasteiger charge is 2.46. The van der Waals surface area contributed by atoms with Gasteiger partial charge in [-0.25, -0.2) is 9.79 Å². The summed E-state index contributed by atoms with van der Waals surface area (Å²) in [4.78, 5) is 19.7. The van der Waals surface area contributed by atoms with Crippen molar-refractivity contribution in [3.8, 4) is 0 Å². The van der Waals surface area contributed by atoms with E-state index in [-0.39, 0.29) is 25.2 Å². The van der Waals surface area contributed by atoms with Gasteiger partial charge in [0.05, 0.1) is 6.10 Å². The molecule has 0 saturated heterocycles. The van der Waals surface area contributed by atoms with Crippen molar-refractivity contribution in [2.24, 2.45) is 16.0 Å². The van der Waals surface area contributed by atoms with Crippen LogP contribution < -0.4 is 0 Å². The summed E-state index contributed by atoms with van der Waals surface area (Å²) in [5, 5.41) is 22.6. The van der Waals surface area contributed by atoms with Gasteiger partial charge in [-0.05, 0) is 63.3 Å². The van der Waals surface area contributed by atoms with E-state index < -0.39 is 11.5 Å². The molecule has 0 aromatic rings. The first kappa shape index (κ1) is 22.6. The van der Waals surface area contributed by atoms with Crippen molar-refractivity contribution in [1.82, 2.24) is 0 Å². The van der Waals surface area contributed by atoms with Crippen LogP contribution in [0.2, 0.25) is 0 Å². The van der Waals surface area contributed by atoms with Crippen molar-refractivity contribution in [3.63, 3.8) is 0 Å². The first-order valence-corrected chi connectivity index (χ1v) is 11.0. The van der Waals surface area contributed by atoms with Crippen LogP contribution in [0, 0.1) is 5.92 Å². The molecule has 3 rings (SSSR count). The van der Waals surface area contributed by atoms with Gasteiger partial charge in [0.2, 0.25) is 0 Å². The van der Waals surface area contributed by atoms with Crippen LogP contribution in [0.3, 0.4) is 0 Å². The van der Waals surface area contributed by atoms with E-state index in [1.165, 1.54) is 0 Å². The number of carbonyl (C=O) groups is 1. The lowest BCUT2D eigenvalue weighted by Gasteiger charge is -2.28. The molecule has 1 heterocycles. The summed E-state index contributed by atoms with van der Waals surface area (Å²) in [7, 11) is 0. The molecule has 0 unspecified atom stereocenters. The van der Waals surface area contributed by atoms with Gasteiger partial charge in [-0.3, -0.25) is 0 Å². The molecule has 0 aromatic carbocycles. The number of aliphatic carboxylic acids is 1. The SMILES string of the molecule is [N-]=[N+]=NCC1=C(C[C@]2(C(=O)O)COC(C3CCC(OCCCO)CC3)=N2)CCCC1. The first-order valence-electron chi connectivity index (χ1n) is 11.0. The largest absolute Gasteiger partial charge is 0.479 e. The van der Waals surface area contributed by atoms with Crippen molar-refractivity contribution < 1.29 is 24.5 Å². The number of carboxylic acids is 1. The summed E-state index contributed by atoms with van der Waals surface area (Å²) in [6.07, 6.45) is 8.39. The van der Waals surface area contributed by atoms with Crippen LogP contribution in [-0.4, -0.2) is 60.1 Å². The van der Waals surface area contributed by atoms with Gasteiger partial charge >= 0.3 is 5.97 Å². The maximum Gasteiger partial charge on any atom is 0.335 e. The Morgan fingerprint density at radius 3 is 2.67 bits per heavy atom. The van der Waals surface area contributed by atoms with Crippen LogP contribution >= 0.6 is 0 Å². The van der Waals surface area contributed by atoms with E-state index in [1.54, 1.807) is 0 Å². The monoisotopic (exact) mass is 420 g/mol. The van der Waals surface area contributed by atoms with E-state index >= 15 is 0 Å². The van der Waals surface area contributed by atoms with Gasteiger partial charge in [0.15, 0.2) is 11.4 Å². The zero-order valence-corrected chi connectivity index (χ0v) is 17.5. The Balaban J connectivity index is 1.67. The van der Waals surface area contributed by atoms with Gasteiger partial charge in [-0.1, -0.05) is 16.3 Å². The van der Waals surface area contributed by atoms with Crippen LogP contribution in [0.25, 0.3) is 10.4 Å². The highest BCUT2D eigenvalue weighted by molar-refractivity contribution is 5.89. The summed E-state index contributed by atoms with van der Waals surface area (Å²) in [5.74, 6) is -0.258. The maximum absolute atomic E-state index is 12.2. The molecule has 30 heavy (non-hydrogen) atoms. The fraction of sp³-hybridized carbons (Fsp3) is 0.810. The van der Waals surface area contributed by atoms with Gasteiger partial charge in [-0.2, -0.15) is 0 Å². The second-order valence-electron chi connectivity index (χ2n) is 8.48. The lowest BCUT2D eigenvalue weighted by molar-refractivity contribution is -0.143. The Labute approximate surface area is 176 Å². The van der Waals surface area contributed by atoms with Gasteiger partial charge in [-0.15, -0.1) is 0 Å². The average molecular weight is 421 g/mol. The molecule has 9 heteroatoms. The van der Waals surface area contributed by atoms with Gasteiger partial charge in [0, 0.05) is 37.0 Å². The number of aliphatic imine (C=N–C) groups is 1. The number of aliphatic hydroxyl groups is 1. The number of rotatable bonds is 10. The minimum atomic E-state index is -1.28. The Kier molecular flexibility index (Phi) is 8.13. The molecular weight excluding hydrogens is 388 g/mol. The molecular formula is C21H32N4O5. The number of carboxylic acid groups (broad SMARTS) is 1. The van der Waals surface area contributed by atoms with Crippen LogP contribution in [-0.2, 0) is 14.3 Å². The summed E-state index contributed by atoms with van der Waals surface area (Å²) in [6.45, 7) is 1.07. The second kappa shape index (κ2) is 10.8. The van der Waals surface area contributed by atoms with Crippen molar-refractivity contribution >= 4 is 11.9 Å². The minimum absolute atomic E-state index is 0.0584. The van der Waals surface area contributed by atoms with Gasteiger partial charge in [0.25, 0.3) is 0 Å². The fourth-order valence-corrected chi connectivity index (χ4v) is 4.65. The molecule has 0 spiro atoms. The first-order chi connectivity index (χ1) is 14.6. The van der Waals surface area contributed by atoms with Crippen LogP contribution in [0.5, 0.6) is 0 Å². The van der Waals surface area contributed by atoms with E-state index in [4.69, 9.17) is 20.1 Å². The number of hydrogen-bond donors (Lipinski definition) is 2. The molecule has 0 amide bonds. The molecule has 1 atom stereocenters. The Bertz CT molecular complexity index is 723. The van der Waals surface area contributed by atoms with E-state index in [0.29, 0.717) is 31.9 Å². The molecule has 1 fully saturated rings. The zero-order chi connectivity index (χ0) is 21.4. The van der Waals surface area contributed by atoms with E-state index in [1.807, 2.05) is 0 Å². The lowest BCUT2D eigenvalue weighted by Crippen LogP contribution is -2.39. The molecule has 0 aromatic heterocycles. The van der Waals surface area contributed by atoms with E-state index in [0.717, 1.165) is 62.5 Å². The summed E-state index contributed by atoms with van der Waals surface area (Å²) in [6, 6.07) is 0. The zero-order valence-electron chi connectivity index (χ0n) is 17.5. The normalized spacial score (nSPS) is 29.2. The third kappa shape index (κ3) is 5.53. The second-order valence-corrected chi connectivity index (χ2v) is 8.48. The molecule has 0 bridgehead atoms. The molecule has 0 radical (unpaired) electrons. The number of aliphatic hydroxyl groups excluding tert-OH is 1. The topological polar surface area (TPSA) is 137 Å². The quantitative estimate of drug-likeness (QED) is 0.182. The molecule has 3 aliphatic rings. The third-order valence-corrected chi connectivity index (χ3v) is 6.40. The summed E-state index contributed by atoms with van der Waals surface area (Å²) in [5.41, 5.74) is 9.48. The third-order valence-electron chi connectivity index (χ3n) is 6.40. The molecule has 9 nitrogen and oxygen atoms in total. The molecule has 166 valence electrons. The van der Waals surface area contributed by atoms with Crippen molar-refractivity contribution in [2.45, 2.75) is 75.9 Å². The number of hydrogen-bond acceptors (Lipinski definition) is 6. The lowest BCUT2D eigenvalue weighted by atomic mass is 9.83.